The lowest BCUT2D eigenvalue weighted by molar-refractivity contribution is 0.414. The fourth-order valence-electron chi connectivity index (χ4n) is 2.73. The van der Waals surface area contributed by atoms with Gasteiger partial charge >= 0.3 is 6.01 Å². The van der Waals surface area contributed by atoms with Crippen molar-refractivity contribution in [1.29, 1.82) is 0 Å². The van der Waals surface area contributed by atoms with Crippen molar-refractivity contribution in [1.82, 2.24) is 10.1 Å². The Labute approximate surface area is 135 Å². The molecule has 0 aliphatic heterocycles. The van der Waals surface area contributed by atoms with Crippen molar-refractivity contribution in [2.75, 3.05) is 18.7 Å². The smallest absolute Gasteiger partial charge is 0.322 e. The fourth-order valence-corrected chi connectivity index (χ4v) is 4.27. The van der Waals surface area contributed by atoms with E-state index in [1.807, 2.05) is 25.1 Å². The van der Waals surface area contributed by atoms with Gasteiger partial charge in [-0.1, -0.05) is 17.3 Å². The van der Waals surface area contributed by atoms with Crippen LogP contribution in [0.3, 0.4) is 0 Å². The highest BCUT2D eigenvalue weighted by molar-refractivity contribution is 7.92. The Balaban J connectivity index is 1.77. The van der Waals surface area contributed by atoms with Gasteiger partial charge in [0.15, 0.2) is 9.84 Å². The van der Waals surface area contributed by atoms with Crippen molar-refractivity contribution in [2.45, 2.75) is 30.6 Å². The average Bonchev–Trinajstić information content (AvgIpc) is 3.22. The summed E-state index contributed by atoms with van der Waals surface area (Å²) in [4.78, 5) is 4.28. The van der Waals surface area contributed by atoms with Gasteiger partial charge < -0.3 is 14.6 Å². The number of anilines is 1. The third-order valence-corrected chi connectivity index (χ3v) is 6.60. The highest BCUT2D eigenvalue weighted by atomic mass is 32.2. The van der Waals surface area contributed by atoms with Crippen LogP contribution in [0.15, 0.2) is 28.8 Å². The molecule has 0 spiro atoms. The number of ether oxygens (including phenoxy) is 1. The predicted octanol–water partition coefficient (Wildman–Crippen LogP) is 2.12. The number of nitrogens with one attached hydrogen (secondary N) is 1. The van der Waals surface area contributed by atoms with Gasteiger partial charge in [0, 0.05) is 17.9 Å². The molecule has 8 heteroatoms. The van der Waals surface area contributed by atoms with E-state index in [4.69, 9.17) is 9.26 Å². The Kier molecular flexibility index (Phi) is 3.79. The first-order valence-corrected chi connectivity index (χ1v) is 9.19. The lowest BCUT2D eigenvalue weighted by atomic mass is 10.2. The van der Waals surface area contributed by atoms with Gasteiger partial charge in [-0.3, -0.25) is 0 Å². The molecule has 124 valence electrons. The maximum absolute atomic E-state index is 11.9. The summed E-state index contributed by atoms with van der Waals surface area (Å²) in [6, 6.07) is 7.23. The van der Waals surface area contributed by atoms with Gasteiger partial charge in [-0.2, -0.15) is 4.98 Å². The summed E-state index contributed by atoms with van der Waals surface area (Å²) < 4.78 is 33.5. The minimum absolute atomic E-state index is 0.213. The van der Waals surface area contributed by atoms with Gasteiger partial charge in [0.2, 0.25) is 5.82 Å². The Morgan fingerprint density at radius 3 is 2.74 bits per heavy atom. The van der Waals surface area contributed by atoms with Crippen LogP contribution >= 0.6 is 0 Å². The molecule has 1 fully saturated rings. The van der Waals surface area contributed by atoms with E-state index in [1.165, 1.54) is 6.26 Å². The third-order valence-electron chi connectivity index (χ3n) is 4.36. The Bertz CT molecular complexity index is 812. The Hall–Kier alpha value is -2.09. The van der Waals surface area contributed by atoms with Gasteiger partial charge in [0.1, 0.15) is 5.75 Å². The molecule has 1 aromatic carbocycles. The van der Waals surface area contributed by atoms with E-state index in [9.17, 15) is 8.42 Å². The highest BCUT2D eigenvalue weighted by Crippen LogP contribution is 2.46. The number of sulfone groups is 1. The van der Waals surface area contributed by atoms with Crippen LogP contribution in [0.5, 0.6) is 5.75 Å². The van der Waals surface area contributed by atoms with Crippen LogP contribution in [0.1, 0.15) is 19.8 Å². The molecule has 1 atom stereocenters. The fraction of sp³-hybridized carbons (Fsp3) is 0.467. The summed E-state index contributed by atoms with van der Waals surface area (Å²) >= 11 is 0. The van der Waals surface area contributed by atoms with E-state index in [1.54, 1.807) is 13.2 Å². The summed E-state index contributed by atoms with van der Waals surface area (Å²) in [6.07, 6.45) is 2.57. The van der Waals surface area contributed by atoms with Crippen LogP contribution in [-0.4, -0.2) is 42.7 Å². The minimum Gasteiger partial charge on any atom is -0.497 e. The zero-order valence-electron chi connectivity index (χ0n) is 13.2. The molecule has 1 aliphatic rings. The molecule has 1 N–H and O–H groups in total. The van der Waals surface area contributed by atoms with Gasteiger partial charge in [-0.25, -0.2) is 8.42 Å². The second-order valence-electron chi connectivity index (χ2n) is 5.86. The zero-order chi connectivity index (χ0) is 16.7. The molecule has 3 rings (SSSR count). The van der Waals surface area contributed by atoms with E-state index in [0.717, 1.165) is 5.56 Å². The largest absolute Gasteiger partial charge is 0.497 e. The van der Waals surface area contributed by atoms with Crippen molar-refractivity contribution >= 4 is 15.9 Å². The topological polar surface area (TPSA) is 94.3 Å². The molecule has 0 saturated heterocycles. The second-order valence-corrected chi connectivity index (χ2v) is 8.22. The molecule has 23 heavy (non-hydrogen) atoms. The second kappa shape index (κ2) is 5.52. The molecule has 1 saturated carbocycles. The lowest BCUT2D eigenvalue weighted by Gasteiger charge is -2.21. The molecule has 7 nitrogen and oxygen atoms in total. The summed E-state index contributed by atoms with van der Waals surface area (Å²) in [5.74, 6) is 1.12. The molecule has 0 radical (unpaired) electrons. The normalized spacial score (nSPS) is 17.5. The molecule has 1 unspecified atom stereocenters. The summed E-state index contributed by atoms with van der Waals surface area (Å²) in [5.41, 5.74) is 0.762. The van der Waals surface area contributed by atoms with E-state index in [2.05, 4.69) is 15.5 Å². The molecular formula is C15H19N3O4S. The van der Waals surface area contributed by atoms with Crippen molar-refractivity contribution in [3.05, 3.63) is 24.3 Å². The van der Waals surface area contributed by atoms with E-state index < -0.39 is 14.6 Å². The van der Waals surface area contributed by atoms with Gasteiger partial charge in [-0.05, 0) is 31.9 Å². The summed E-state index contributed by atoms with van der Waals surface area (Å²) in [6.45, 7) is 1.82. The van der Waals surface area contributed by atoms with Crippen LogP contribution in [-0.2, 0) is 9.84 Å². The lowest BCUT2D eigenvalue weighted by Crippen LogP contribution is -2.39. The molecule has 1 aromatic heterocycles. The number of aromatic nitrogens is 2. The van der Waals surface area contributed by atoms with Crippen LogP contribution < -0.4 is 10.1 Å². The predicted molar refractivity (Wildman–Crippen MR) is 86.2 cm³/mol. The van der Waals surface area contributed by atoms with E-state index in [0.29, 0.717) is 24.4 Å². The first-order valence-electron chi connectivity index (χ1n) is 7.30. The van der Waals surface area contributed by atoms with Crippen LogP contribution in [0.25, 0.3) is 11.4 Å². The number of hydrogen-bond acceptors (Lipinski definition) is 7. The van der Waals surface area contributed by atoms with E-state index in [-0.39, 0.29) is 12.1 Å². The first kappa shape index (κ1) is 15.8. The summed E-state index contributed by atoms with van der Waals surface area (Å²) in [7, 11) is -1.55. The van der Waals surface area contributed by atoms with Crippen LogP contribution in [0, 0.1) is 0 Å². The van der Waals surface area contributed by atoms with Gasteiger partial charge in [0.05, 0.1) is 11.9 Å². The van der Waals surface area contributed by atoms with Crippen LogP contribution in [0.4, 0.5) is 6.01 Å². The average molecular weight is 337 g/mol. The molecule has 1 aliphatic carbocycles. The number of hydrogen-bond donors (Lipinski definition) is 1. The standard InChI is InChI=1S/C15H19N3O4S/c1-10(15(7-8-15)23(3,19)20)16-14-17-13(18-22-14)11-5-4-6-12(9-11)21-2/h4-6,9-10H,7-8H2,1-3H3,(H,16,17,18). The third kappa shape index (κ3) is 2.90. The van der Waals surface area contributed by atoms with Crippen molar-refractivity contribution in [3.8, 4) is 17.1 Å². The molecule has 0 bridgehead atoms. The number of benzene rings is 1. The van der Waals surface area contributed by atoms with Crippen LogP contribution in [0.2, 0.25) is 0 Å². The van der Waals surface area contributed by atoms with Gasteiger partial charge in [-0.15, -0.1) is 0 Å². The molecule has 1 heterocycles. The first-order chi connectivity index (χ1) is 10.9. The Morgan fingerprint density at radius 1 is 1.39 bits per heavy atom. The van der Waals surface area contributed by atoms with Crippen molar-refractivity contribution in [2.24, 2.45) is 0 Å². The summed E-state index contributed by atoms with van der Waals surface area (Å²) in [5, 5.41) is 6.95. The highest BCUT2D eigenvalue weighted by Gasteiger charge is 2.56. The maximum Gasteiger partial charge on any atom is 0.322 e. The molecule has 2 aromatic rings. The number of nitrogens with zero attached hydrogens (tertiary/aromatic N) is 2. The zero-order valence-corrected chi connectivity index (χ0v) is 14.1. The van der Waals surface area contributed by atoms with Crippen molar-refractivity contribution in [3.63, 3.8) is 0 Å². The monoisotopic (exact) mass is 337 g/mol. The quantitative estimate of drug-likeness (QED) is 0.862. The molecule has 0 amide bonds. The SMILES string of the molecule is COc1cccc(-c2noc(NC(C)C3(S(C)(=O)=O)CC3)n2)c1. The van der Waals surface area contributed by atoms with E-state index >= 15 is 0 Å². The Morgan fingerprint density at radius 2 is 2.13 bits per heavy atom. The van der Waals surface area contributed by atoms with Gasteiger partial charge in [0.25, 0.3) is 0 Å². The number of methoxy groups -OCH3 is 1. The van der Waals surface area contributed by atoms with Crippen molar-refractivity contribution < 1.29 is 17.7 Å². The molecular weight excluding hydrogens is 318 g/mol. The maximum atomic E-state index is 11.9. The minimum atomic E-state index is -3.13. The number of rotatable bonds is 6.